The maximum Gasteiger partial charge on any atom is 0.241 e. The first-order chi connectivity index (χ1) is 9.70. The molecule has 0 spiro atoms. The lowest BCUT2D eigenvalue weighted by molar-refractivity contribution is 0.556. The molecule has 0 bridgehead atoms. The van der Waals surface area contributed by atoms with Crippen molar-refractivity contribution >= 4 is 27.5 Å². The van der Waals surface area contributed by atoms with Crippen LogP contribution in [0.25, 0.3) is 0 Å². The molecule has 0 aliphatic rings. The lowest BCUT2D eigenvalue weighted by Gasteiger charge is -2.19. The minimum Gasteiger partial charge on any atom is -0.398 e. The molecule has 1 unspecified atom stereocenters. The zero-order valence-corrected chi connectivity index (χ0v) is 15.1. The van der Waals surface area contributed by atoms with E-state index in [0.717, 1.165) is 29.1 Å². The van der Waals surface area contributed by atoms with Crippen LogP contribution in [0.1, 0.15) is 37.0 Å². The molecule has 1 rings (SSSR count). The summed E-state index contributed by atoms with van der Waals surface area (Å²) in [4.78, 5) is 0.329. The van der Waals surface area contributed by atoms with Gasteiger partial charge in [-0.15, -0.1) is 0 Å². The fourth-order valence-corrected chi connectivity index (χ4v) is 4.89. The van der Waals surface area contributed by atoms with Crippen LogP contribution >= 0.6 is 11.8 Å². The molecule has 0 heterocycles. The molecule has 3 N–H and O–H groups in total. The summed E-state index contributed by atoms with van der Waals surface area (Å²) in [6.45, 7) is 9.46. The van der Waals surface area contributed by atoms with Gasteiger partial charge in [0.15, 0.2) is 0 Å². The third kappa shape index (κ3) is 4.63. The summed E-state index contributed by atoms with van der Waals surface area (Å²) in [6, 6.07) is 1.74. The quantitative estimate of drug-likeness (QED) is 0.595. The van der Waals surface area contributed by atoms with E-state index in [1.54, 1.807) is 6.92 Å². The van der Waals surface area contributed by atoms with Gasteiger partial charge >= 0.3 is 0 Å². The largest absolute Gasteiger partial charge is 0.398 e. The molecule has 1 aromatic rings. The molecule has 0 aromatic heterocycles. The van der Waals surface area contributed by atoms with E-state index in [0.29, 0.717) is 16.1 Å². The van der Waals surface area contributed by atoms with E-state index in [1.165, 1.54) is 0 Å². The molecule has 0 aliphatic carbocycles. The fourth-order valence-electron chi connectivity index (χ4n) is 2.23. The number of nitrogens with two attached hydrogens (primary N) is 1. The summed E-state index contributed by atoms with van der Waals surface area (Å²) in [5.74, 6) is 2.00. The van der Waals surface area contributed by atoms with Gasteiger partial charge in [0.05, 0.1) is 4.90 Å². The number of nitrogens with one attached hydrogen (secondary N) is 1. The summed E-state index contributed by atoms with van der Waals surface area (Å²) < 4.78 is 28.1. The van der Waals surface area contributed by atoms with Crippen LogP contribution in [0.3, 0.4) is 0 Å². The third-order valence-electron chi connectivity index (χ3n) is 3.60. The van der Waals surface area contributed by atoms with Gasteiger partial charge in [-0.1, -0.05) is 6.92 Å². The Morgan fingerprint density at radius 2 is 1.90 bits per heavy atom. The van der Waals surface area contributed by atoms with Crippen LogP contribution in [0.5, 0.6) is 0 Å². The highest BCUT2D eigenvalue weighted by molar-refractivity contribution is 7.99. The van der Waals surface area contributed by atoms with Crippen LogP contribution in [0.15, 0.2) is 11.0 Å². The Morgan fingerprint density at radius 1 is 1.29 bits per heavy atom. The van der Waals surface area contributed by atoms with E-state index in [9.17, 15) is 8.42 Å². The molecule has 1 atom stereocenters. The van der Waals surface area contributed by atoms with Crippen molar-refractivity contribution in [2.24, 2.45) is 0 Å². The maximum absolute atomic E-state index is 12.6. The number of thioether (sulfide) groups is 1. The zero-order chi connectivity index (χ0) is 16.2. The van der Waals surface area contributed by atoms with Crippen molar-refractivity contribution in [2.45, 2.75) is 52.0 Å². The normalized spacial score (nSPS) is 13.4. The Hall–Kier alpha value is -0.720. The number of benzene rings is 1. The summed E-state index contributed by atoms with van der Waals surface area (Å²) in [7, 11) is -3.54. The molecule has 21 heavy (non-hydrogen) atoms. The Kier molecular flexibility index (Phi) is 6.56. The number of sulfonamides is 1. The van der Waals surface area contributed by atoms with Gasteiger partial charge in [0.1, 0.15) is 0 Å². The predicted octanol–water partition coefficient (Wildman–Crippen LogP) is 3.00. The van der Waals surface area contributed by atoms with Crippen LogP contribution in [-0.4, -0.2) is 26.0 Å². The second kappa shape index (κ2) is 7.51. The fraction of sp³-hybridized carbons (Fsp3) is 0.600. The third-order valence-corrected chi connectivity index (χ3v) is 6.40. The van der Waals surface area contributed by atoms with Gasteiger partial charge < -0.3 is 5.73 Å². The van der Waals surface area contributed by atoms with Crippen molar-refractivity contribution < 1.29 is 8.42 Å². The Morgan fingerprint density at radius 3 is 2.48 bits per heavy atom. The number of aryl methyl sites for hydroxylation is 1. The van der Waals surface area contributed by atoms with Gasteiger partial charge in [0.25, 0.3) is 0 Å². The molecular weight excluding hydrogens is 304 g/mol. The summed E-state index contributed by atoms with van der Waals surface area (Å²) >= 11 is 1.81. The molecule has 120 valence electrons. The minimum absolute atomic E-state index is 0.0883. The molecule has 0 aliphatic heterocycles. The first-order valence-corrected chi connectivity index (χ1v) is 9.80. The van der Waals surface area contributed by atoms with E-state index in [-0.39, 0.29) is 6.04 Å². The van der Waals surface area contributed by atoms with Gasteiger partial charge in [-0.3, -0.25) is 0 Å². The highest BCUT2D eigenvalue weighted by Crippen LogP contribution is 2.28. The lowest BCUT2D eigenvalue weighted by Crippen LogP contribution is -2.34. The summed E-state index contributed by atoms with van der Waals surface area (Å²) in [5, 5.41) is 0. The number of nitrogen functional groups attached to an aromatic ring is 1. The van der Waals surface area contributed by atoms with Crippen molar-refractivity contribution in [3.63, 3.8) is 0 Å². The standard InChI is InChI=1S/C15H26N2O2S2/c1-6-20-8-7-11(3)17-21(18,19)15-12(4)10(2)9-14(16)13(15)5/h9,11,17H,6-8,16H2,1-5H3. The Bertz CT molecular complexity index is 572. The lowest BCUT2D eigenvalue weighted by atomic mass is 10.1. The zero-order valence-electron chi connectivity index (χ0n) is 13.5. The van der Waals surface area contributed by atoms with Crippen molar-refractivity contribution in [3.05, 3.63) is 22.8 Å². The smallest absolute Gasteiger partial charge is 0.241 e. The molecule has 1 aromatic carbocycles. The van der Waals surface area contributed by atoms with Gasteiger partial charge in [-0.25, -0.2) is 13.1 Å². The minimum atomic E-state index is -3.54. The summed E-state index contributed by atoms with van der Waals surface area (Å²) in [5.41, 5.74) is 8.73. The topological polar surface area (TPSA) is 72.2 Å². The Labute approximate surface area is 132 Å². The first-order valence-electron chi connectivity index (χ1n) is 7.17. The summed E-state index contributed by atoms with van der Waals surface area (Å²) in [6.07, 6.45) is 0.817. The second-order valence-electron chi connectivity index (χ2n) is 5.37. The van der Waals surface area contributed by atoms with Crippen LogP contribution in [0.4, 0.5) is 5.69 Å². The van der Waals surface area contributed by atoms with Crippen LogP contribution in [-0.2, 0) is 10.0 Å². The highest BCUT2D eigenvalue weighted by Gasteiger charge is 2.23. The average Bonchev–Trinajstić information content (AvgIpc) is 2.36. The van der Waals surface area contributed by atoms with E-state index >= 15 is 0 Å². The van der Waals surface area contributed by atoms with Crippen molar-refractivity contribution in [1.29, 1.82) is 0 Å². The van der Waals surface area contributed by atoms with E-state index < -0.39 is 10.0 Å². The van der Waals surface area contributed by atoms with Crippen molar-refractivity contribution in [1.82, 2.24) is 4.72 Å². The van der Waals surface area contributed by atoms with E-state index in [1.807, 2.05) is 38.6 Å². The van der Waals surface area contributed by atoms with Crippen molar-refractivity contribution in [3.8, 4) is 0 Å². The molecule has 0 saturated heterocycles. The highest BCUT2D eigenvalue weighted by atomic mass is 32.2. The maximum atomic E-state index is 12.6. The number of rotatable bonds is 7. The van der Waals surface area contributed by atoms with Crippen LogP contribution in [0, 0.1) is 20.8 Å². The van der Waals surface area contributed by atoms with E-state index in [2.05, 4.69) is 11.6 Å². The predicted molar refractivity (Wildman–Crippen MR) is 92.5 cm³/mol. The van der Waals surface area contributed by atoms with Gasteiger partial charge in [0, 0.05) is 11.7 Å². The second-order valence-corrected chi connectivity index (χ2v) is 8.41. The van der Waals surface area contributed by atoms with Gasteiger partial charge in [0.2, 0.25) is 10.0 Å². The number of hydrogen-bond acceptors (Lipinski definition) is 4. The number of hydrogen-bond donors (Lipinski definition) is 2. The van der Waals surface area contributed by atoms with Crippen LogP contribution < -0.4 is 10.5 Å². The molecule has 0 saturated carbocycles. The SMILES string of the molecule is CCSCCC(C)NS(=O)(=O)c1c(C)c(C)cc(N)c1C. The van der Waals surface area contributed by atoms with Crippen molar-refractivity contribution in [2.75, 3.05) is 17.2 Å². The van der Waals surface area contributed by atoms with Gasteiger partial charge in [-0.2, -0.15) is 11.8 Å². The molecular formula is C15H26N2O2S2. The number of anilines is 1. The monoisotopic (exact) mass is 330 g/mol. The Balaban J connectivity index is 3.04. The average molecular weight is 331 g/mol. The van der Waals surface area contributed by atoms with E-state index in [4.69, 9.17) is 5.73 Å². The molecule has 0 fully saturated rings. The molecule has 6 heteroatoms. The molecule has 0 amide bonds. The molecule has 4 nitrogen and oxygen atoms in total. The molecule has 0 radical (unpaired) electrons. The first kappa shape index (κ1) is 18.3. The van der Waals surface area contributed by atoms with Crippen LogP contribution in [0.2, 0.25) is 0 Å². The van der Waals surface area contributed by atoms with Gasteiger partial charge in [-0.05, 0) is 68.4 Å².